The molecule has 0 radical (unpaired) electrons. The van der Waals surface area contributed by atoms with Crippen LogP contribution in [-0.4, -0.2) is 67.1 Å². The Bertz CT molecular complexity index is 1230. The third kappa shape index (κ3) is 4.59. The van der Waals surface area contributed by atoms with E-state index in [4.69, 9.17) is 4.74 Å². The van der Waals surface area contributed by atoms with Crippen molar-refractivity contribution in [3.8, 4) is 0 Å². The van der Waals surface area contributed by atoms with E-state index in [1.54, 1.807) is 0 Å². The van der Waals surface area contributed by atoms with Crippen LogP contribution in [0.15, 0.2) is 11.6 Å². The number of nitrogens with one attached hydrogen (secondary N) is 1. The minimum atomic E-state index is -0.644. The maximum absolute atomic E-state index is 14.0. The molecule has 8 atom stereocenters. The lowest BCUT2D eigenvalue weighted by molar-refractivity contribution is -0.195. The van der Waals surface area contributed by atoms with Gasteiger partial charge in [-0.1, -0.05) is 60.1 Å². The Kier molecular flexibility index (Phi) is 7.80. The molecule has 0 aromatic carbocycles. The molecule has 1 aliphatic heterocycles. The lowest BCUT2D eigenvalue weighted by atomic mass is 9.33. The number of amides is 1. The van der Waals surface area contributed by atoms with Crippen molar-refractivity contribution < 1.29 is 24.2 Å². The summed E-state index contributed by atoms with van der Waals surface area (Å²) in [4.78, 5) is 43.1. The Hall–Kier alpha value is -1.73. The molecule has 44 heavy (non-hydrogen) atoms. The minimum Gasteiger partial charge on any atom is -0.481 e. The predicted octanol–water partition coefficient (Wildman–Crippen LogP) is 6.12. The quantitative estimate of drug-likeness (QED) is 0.288. The Morgan fingerprint density at radius 1 is 0.955 bits per heavy atom. The van der Waals surface area contributed by atoms with Crippen molar-refractivity contribution in [3.63, 3.8) is 0 Å². The molecule has 0 aromatic rings. The van der Waals surface area contributed by atoms with Crippen LogP contribution in [0.1, 0.15) is 106 Å². The van der Waals surface area contributed by atoms with Gasteiger partial charge in [0, 0.05) is 31.6 Å². The number of nitrogens with zero attached hydrogens (tertiary/aromatic N) is 1. The molecule has 6 rings (SSSR count). The fraction of sp³-hybridized carbons (Fsp3) is 0.865. The summed E-state index contributed by atoms with van der Waals surface area (Å²) in [7, 11) is 0. The SMILES string of the molecule is CC1(C)CC[C@]2(C(=O)O)CC[C@]3(C)C(=CCC4[C@@]5(C)CC(C(=O)NCCN6CCOCC6)C(=O)C(C)(C)C5CC[C@]43C)C2C1. The second-order valence-corrected chi connectivity index (χ2v) is 17.8. The number of allylic oxidation sites excluding steroid dienone is 2. The van der Waals surface area contributed by atoms with Crippen molar-refractivity contribution in [2.24, 2.45) is 56.2 Å². The normalized spacial score (nSPS) is 44.7. The molecule has 2 N–H and O–H groups in total. The van der Waals surface area contributed by atoms with E-state index in [9.17, 15) is 19.5 Å². The number of Topliss-reactive ketones (excluding diaryl/α,β-unsaturated/α-hetero) is 1. The number of morpholine rings is 1. The van der Waals surface area contributed by atoms with Gasteiger partial charge in [-0.3, -0.25) is 19.3 Å². The largest absolute Gasteiger partial charge is 0.481 e. The molecule has 0 aromatic heterocycles. The number of ketones is 1. The molecule has 6 aliphatic rings. The van der Waals surface area contributed by atoms with Crippen molar-refractivity contribution >= 4 is 17.7 Å². The van der Waals surface area contributed by atoms with E-state index < -0.39 is 22.7 Å². The average molecular weight is 611 g/mol. The van der Waals surface area contributed by atoms with Crippen molar-refractivity contribution in [2.75, 3.05) is 39.4 Å². The highest BCUT2D eigenvalue weighted by molar-refractivity contribution is 6.04. The van der Waals surface area contributed by atoms with Crippen molar-refractivity contribution in [1.29, 1.82) is 0 Å². The zero-order valence-electron chi connectivity index (χ0n) is 28.5. The molecule has 1 saturated heterocycles. The summed E-state index contributed by atoms with van der Waals surface area (Å²) in [5, 5.41) is 13.8. The molecule has 1 heterocycles. The molecular weight excluding hydrogens is 552 g/mol. The predicted molar refractivity (Wildman–Crippen MR) is 171 cm³/mol. The second-order valence-electron chi connectivity index (χ2n) is 17.8. The van der Waals surface area contributed by atoms with Crippen LogP contribution in [0, 0.1) is 56.2 Å². The molecule has 4 unspecified atom stereocenters. The zero-order valence-corrected chi connectivity index (χ0v) is 28.5. The number of aliphatic carboxylic acids is 1. The third-order valence-corrected chi connectivity index (χ3v) is 14.9. The molecule has 246 valence electrons. The Morgan fingerprint density at radius 3 is 2.32 bits per heavy atom. The van der Waals surface area contributed by atoms with E-state index in [0.717, 1.165) is 84.2 Å². The summed E-state index contributed by atoms with van der Waals surface area (Å²) in [6.45, 7) is 20.7. The number of rotatable bonds is 5. The molecule has 1 amide bonds. The lowest BCUT2D eigenvalue weighted by Crippen LogP contribution is -2.66. The number of carboxylic acid groups (broad SMARTS) is 1. The number of ether oxygens (including phenoxy) is 1. The standard InChI is InChI=1S/C37H58N2O5/c1-32(2)12-14-37(31(42)43)15-13-35(6)25(26(37)23-32)8-9-28-34(5)22-24(30(41)38-16-17-39-18-20-44-21-19-39)29(40)33(3,4)27(34)10-11-36(28,35)7/h8,24,26-28H,9-23H2,1-7H3,(H,38,41)(H,42,43)/t24?,26?,27?,28?,34-,35+,36+,37-/m0/s1. The van der Waals surface area contributed by atoms with Crippen LogP contribution in [0.5, 0.6) is 0 Å². The highest BCUT2D eigenvalue weighted by atomic mass is 16.5. The van der Waals surface area contributed by atoms with Gasteiger partial charge >= 0.3 is 5.97 Å². The summed E-state index contributed by atoms with van der Waals surface area (Å²) in [6, 6.07) is 0. The van der Waals surface area contributed by atoms with Crippen LogP contribution >= 0.6 is 0 Å². The first kappa shape index (κ1) is 32.2. The molecule has 0 spiro atoms. The van der Waals surface area contributed by atoms with Gasteiger partial charge in [-0.25, -0.2) is 0 Å². The van der Waals surface area contributed by atoms with Gasteiger partial charge in [0.1, 0.15) is 0 Å². The number of fused-ring (bicyclic) bond motifs is 7. The highest BCUT2D eigenvalue weighted by Crippen LogP contribution is 2.75. The summed E-state index contributed by atoms with van der Waals surface area (Å²) < 4.78 is 5.46. The zero-order chi connectivity index (χ0) is 31.9. The fourth-order valence-electron chi connectivity index (χ4n) is 12.1. The Morgan fingerprint density at radius 2 is 1.64 bits per heavy atom. The fourth-order valence-corrected chi connectivity index (χ4v) is 12.1. The summed E-state index contributed by atoms with van der Waals surface area (Å²) in [5.74, 6) is -0.561. The van der Waals surface area contributed by atoms with Crippen molar-refractivity contribution in [3.05, 3.63) is 11.6 Å². The molecule has 4 saturated carbocycles. The number of carbonyl (C=O) groups is 3. The van der Waals surface area contributed by atoms with Crippen LogP contribution in [0.3, 0.4) is 0 Å². The van der Waals surface area contributed by atoms with Crippen LogP contribution in [0.2, 0.25) is 0 Å². The Labute approximate surface area is 265 Å². The van der Waals surface area contributed by atoms with Crippen LogP contribution in [-0.2, 0) is 19.1 Å². The van der Waals surface area contributed by atoms with Crippen LogP contribution in [0.25, 0.3) is 0 Å². The third-order valence-electron chi connectivity index (χ3n) is 14.9. The number of carbonyl (C=O) groups excluding carboxylic acids is 2. The monoisotopic (exact) mass is 610 g/mol. The topological polar surface area (TPSA) is 95.9 Å². The first-order valence-corrected chi connectivity index (χ1v) is 17.6. The summed E-state index contributed by atoms with van der Waals surface area (Å²) in [6.07, 6.45) is 10.4. The number of hydrogen-bond acceptors (Lipinski definition) is 5. The maximum atomic E-state index is 14.0. The average Bonchev–Trinajstić information content (AvgIpc) is 2.95. The first-order chi connectivity index (χ1) is 20.5. The van der Waals surface area contributed by atoms with Gasteiger partial charge in [0.25, 0.3) is 0 Å². The van der Waals surface area contributed by atoms with Crippen molar-refractivity contribution in [2.45, 2.75) is 106 Å². The smallest absolute Gasteiger partial charge is 0.310 e. The van der Waals surface area contributed by atoms with E-state index in [0.29, 0.717) is 18.9 Å². The Balaban J connectivity index is 1.30. The van der Waals surface area contributed by atoms with Gasteiger partial charge in [0.15, 0.2) is 5.78 Å². The van der Waals surface area contributed by atoms with Crippen LogP contribution < -0.4 is 5.32 Å². The van der Waals surface area contributed by atoms with Crippen LogP contribution in [0.4, 0.5) is 0 Å². The van der Waals surface area contributed by atoms with Crippen molar-refractivity contribution in [1.82, 2.24) is 10.2 Å². The number of carboxylic acids is 1. The number of hydrogen-bond donors (Lipinski definition) is 2. The molecule has 5 aliphatic carbocycles. The molecular formula is C37H58N2O5. The molecule has 5 fully saturated rings. The summed E-state index contributed by atoms with van der Waals surface area (Å²) >= 11 is 0. The highest BCUT2D eigenvalue weighted by Gasteiger charge is 2.70. The lowest BCUT2D eigenvalue weighted by Gasteiger charge is -2.70. The van der Waals surface area contributed by atoms with E-state index in [1.807, 2.05) is 0 Å². The van der Waals surface area contributed by atoms with Gasteiger partial charge in [-0.2, -0.15) is 0 Å². The minimum absolute atomic E-state index is 0.0115. The molecule has 0 bridgehead atoms. The van der Waals surface area contributed by atoms with Gasteiger partial charge in [-0.05, 0) is 97.2 Å². The maximum Gasteiger partial charge on any atom is 0.310 e. The van der Waals surface area contributed by atoms with Gasteiger partial charge < -0.3 is 15.2 Å². The second kappa shape index (κ2) is 10.7. The first-order valence-electron chi connectivity index (χ1n) is 17.6. The molecule has 7 nitrogen and oxygen atoms in total. The van der Waals surface area contributed by atoms with Gasteiger partial charge in [-0.15, -0.1) is 0 Å². The van der Waals surface area contributed by atoms with E-state index in [1.165, 1.54) is 5.57 Å². The van der Waals surface area contributed by atoms with E-state index in [2.05, 4.69) is 64.8 Å². The van der Waals surface area contributed by atoms with E-state index >= 15 is 0 Å². The molecule has 7 heteroatoms. The van der Waals surface area contributed by atoms with E-state index in [-0.39, 0.29) is 45.2 Å². The van der Waals surface area contributed by atoms with Gasteiger partial charge in [0.05, 0.1) is 24.5 Å². The van der Waals surface area contributed by atoms with Gasteiger partial charge in [0.2, 0.25) is 5.91 Å². The summed E-state index contributed by atoms with van der Waals surface area (Å²) in [5.41, 5.74) is 0.0989.